The molecule has 2 saturated heterocycles. The Morgan fingerprint density at radius 1 is 1.19 bits per heavy atom. The fourth-order valence-corrected chi connectivity index (χ4v) is 4.47. The highest BCUT2D eigenvalue weighted by Gasteiger charge is 2.28. The number of likely N-dealkylation sites (tertiary alicyclic amines) is 1. The first kappa shape index (κ1) is 23.2. The fraction of sp³-hybridized carbons (Fsp3) is 0.609. The molecular weight excluding hydrogens is 394 g/mol. The van der Waals surface area contributed by atoms with Gasteiger partial charge in [-0.15, -0.1) is 0 Å². The maximum absolute atomic E-state index is 13.4. The molecule has 0 aliphatic carbocycles. The molecule has 1 aromatic carbocycles. The zero-order chi connectivity index (χ0) is 22.2. The van der Waals surface area contributed by atoms with Gasteiger partial charge in [-0.1, -0.05) is 13.0 Å². The summed E-state index contributed by atoms with van der Waals surface area (Å²) >= 11 is 0. The van der Waals surface area contributed by atoms with Crippen LogP contribution in [0.3, 0.4) is 0 Å². The van der Waals surface area contributed by atoms with Crippen LogP contribution >= 0.6 is 0 Å². The molecule has 1 aromatic rings. The van der Waals surface area contributed by atoms with Crippen LogP contribution in [0.1, 0.15) is 43.5 Å². The molecule has 0 saturated carbocycles. The van der Waals surface area contributed by atoms with Crippen molar-refractivity contribution in [1.29, 1.82) is 0 Å². The van der Waals surface area contributed by atoms with Crippen molar-refractivity contribution in [3.05, 3.63) is 29.8 Å². The normalized spacial score (nSPS) is 19.3. The van der Waals surface area contributed by atoms with Crippen LogP contribution in [-0.2, 0) is 9.59 Å². The van der Waals surface area contributed by atoms with Gasteiger partial charge in [-0.05, 0) is 44.1 Å². The molecular formula is C23H35N5O3. The maximum atomic E-state index is 13.4. The predicted molar refractivity (Wildman–Crippen MR) is 121 cm³/mol. The number of carbonyl (C=O) groups is 3. The second-order valence-corrected chi connectivity index (χ2v) is 8.32. The third-order valence-corrected chi connectivity index (χ3v) is 6.12. The first-order valence-electron chi connectivity index (χ1n) is 11.4. The quantitative estimate of drug-likeness (QED) is 0.652. The average Bonchev–Trinajstić information content (AvgIpc) is 3.23. The van der Waals surface area contributed by atoms with Crippen molar-refractivity contribution in [1.82, 2.24) is 20.0 Å². The Hall–Kier alpha value is -2.45. The summed E-state index contributed by atoms with van der Waals surface area (Å²) < 4.78 is 0. The molecule has 3 rings (SSSR count). The summed E-state index contributed by atoms with van der Waals surface area (Å²) in [6.07, 6.45) is 2.53. The number of nitrogens with zero attached hydrogens (tertiary/aromatic N) is 3. The molecule has 1 atom stereocenters. The molecule has 2 aliphatic rings. The summed E-state index contributed by atoms with van der Waals surface area (Å²) in [5.41, 5.74) is 1.13. The van der Waals surface area contributed by atoms with Gasteiger partial charge < -0.3 is 20.4 Å². The number of benzene rings is 1. The lowest BCUT2D eigenvalue weighted by Crippen LogP contribution is -2.48. The zero-order valence-electron chi connectivity index (χ0n) is 18.7. The van der Waals surface area contributed by atoms with Gasteiger partial charge in [0.1, 0.15) is 0 Å². The third-order valence-electron chi connectivity index (χ3n) is 6.12. The SMILES string of the molecule is CCN1CCCC1CN(CCC(=O)N1CCNCC1)C(=O)c1cccc(NC(C)=O)c1. The van der Waals surface area contributed by atoms with E-state index >= 15 is 0 Å². The van der Waals surface area contributed by atoms with Crippen LogP contribution in [0.5, 0.6) is 0 Å². The number of hydrogen-bond donors (Lipinski definition) is 2. The molecule has 2 aliphatic heterocycles. The van der Waals surface area contributed by atoms with Gasteiger partial charge >= 0.3 is 0 Å². The van der Waals surface area contributed by atoms with Crippen molar-refractivity contribution in [2.45, 2.75) is 39.2 Å². The largest absolute Gasteiger partial charge is 0.340 e. The molecule has 170 valence electrons. The minimum absolute atomic E-state index is 0.0942. The summed E-state index contributed by atoms with van der Waals surface area (Å²) in [4.78, 5) is 43.6. The zero-order valence-corrected chi connectivity index (χ0v) is 18.7. The standard InChI is InChI=1S/C23H35N5O3/c1-3-26-12-5-8-21(26)17-28(13-9-22(30)27-14-10-24-11-15-27)23(31)19-6-4-7-20(16-19)25-18(2)29/h4,6-7,16,21,24H,3,5,8-15,17H2,1-2H3,(H,25,29). The highest BCUT2D eigenvalue weighted by Crippen LogP contribution is 2.20. The highest BCUT2D eigenvalue weighted by atomic mass is 16.2. The van der Waals surface area contributed by atoms with E-state index in [0.717, 1.165) is 52.1 Å². The number of amides is 3. The Morgan fingerprint density at radius 2 is 1.97 bits per heavy atom. The van der Waals surface area contributed by atoms with Crippen molar-refractivity contribution in [2.75, 3.05) is 57.7 Å². The van der Waals surface area contributed by atoms with Gasteiger partial charge in [0.2, 0.25) is 11.8 Å². The van der Waals surface area contributed by atoms with E-state index in [9.17, 15) is 14.4 Å². The van der Waals surface area contributed by atoms with Gasteiger partial charge in [0.25, 0.3) is 5.91 Å². The molecule has 0 aromatic heterocycles. The topological polar surface area (TPSA) is 85.0 Å². The second-order valence-electron chi connectivity index (χ2n) is 8.32. The number of anilines is 1. The molecule has 1 unspecified atom stereocenters. The van der Waals surface area contributed by atoms with E-state index in [2.05, 4.69) is 22.5 Å². The van der Waals surface area contributed by atoms with Gasteiger partial charge in [-0.25, -0.2) is 0 Å². The molecule has 8 heteroatoms. The van der Waals surface area contributed by atoms with Crippen molar-refractivity contribution >= 4 is 23.4 Å². The lowest BCUT2D eigenvalue weighted by atomic mass is 10.1. The number of nitrogens with one attached hydrogen (secondary N) is 2. The lowest BCUT2D eigenvalue weighted by Gasteiger charge is -2.32. The van der Waals surface area contributed by atoms with Crippen LogP contribution in [0.25, 0.3) is 0 Å². The van der Waals surface area contributed by atoms with E-state index in [1.165, 1.54) is 6.92 Å². The Bertz CT molecular complexity index is 778. The van der Waals surface area contributed by atoms with Gasteiger partial charge in [-0.2, -0.15) is 0 Å². The molecule has 8 nitrogen and oxygen atoms in total. The summed E-state index contributed by atoms with van der Waals surface area (Å²) in [5, 5.41) is 6.00. The van der Waals surface area contributed by atoms with Gasteiger partial charge in [-0.3, -0.25) is 19.3 Å². The Morgan fingerprint density at radius 3 is 2.68 bits per heavy atom. The number of carbonyl (C=O) groups excluding carboxylic acids is 3. The summed E-state index contributed by atoms with van der Waals surface area (Å²) in [6, 6.07) is 7.34. The molecule has 2 heterocycles. The number of piperazine rings is 1. The van der Waals surface area contributed by atoms with E-state index in [4.69, 9.17) is 0 Å². The predicted octanol–water partition coefficient (Wildman–Crippen LogP) is 1.39. The van der Waals surface area contributed by atoms with Gasteiger partial charge in [0, 0.05) is 69.9 Å². The van der Waals surface area contributed by atoms with Crippen LogP contribution < -0.4 is 10.6 Å². The summed E-state index contributed by atoms with van der Waals surface area (Å²) in [7, 11) is 0. The smallest absolute Gasteiger partial charge is 0.253 e. The van der Waals surface area contributed by atoms with Crippen molar-refractivity contribution < 1.29 is 14.4 Å². The summed E-state index contributed by atoms with van der Waals surface area (Å²) in [5.74, 6) is -0.166. The van der Waals surface area contributed by atoms with Crippen LogP contribution in [0, 0.1) is 0 Å². The molecule has 2 fully saturated rings. The minimum atomic E-state index is -0.174. The monoisotopic (exact) mass is 429 g/mol. The van der Waals surface area contributed by atoms with Crippen LogP contribution in [0.4, 0.5) is 5.69 Å². The average molecular weight is 430 g/mol. The van der Waals surface area contributed by atoms with E-state index < -0.39 is 0 Å². The molecule has 0 bridgehead atoms. The lowest BCUT2D eigenvalue weighted by molar-refractivity contribution is -0.132. The fourth-order valence-electron chi connectivity index (χ4n) is 4.47. The van der Waals surface area contributed by atoms with Crippen molar-refractivity contribution in [2.24, 2.45) is 0 Å². The second kappa shape index (κ2) is 11.2. The maximum Gasteiger partial charge on any atom is 0.253 e. The molecule has 31 heavy (non-hydrogen) atoms. The minimum Gasteiger partial charge on any atom is -0.340 e. The number of rotatable bonds is 8. The molecule has 0 radical (unpaired) electrons. The van der Waals surface area contributed by atoms with Gasteiger partial charge in [0.05, 0.1) is 0 Å². The first-order valence-corrected chi connectivity index (χ1v) is 11.4. The third kappa shape index (κ3) is 6.51. The van der Waals surface area contributed by atoms with Crippen molar-refractivity contribution in [3.8, 4) is 0 Å². The van der Waals surface area contributed by atoms with Gasteiger partial charge in [0.15, 0.2) is 0 Å². The van der Waals surface area contributed by atoms with Crippen molar-refractivity contribution in [3.63, 3.8) is 0 Å². The van der Waals surface area contributed by atoms with E-state index in [0.29, 0.717) is 36.8 Å². The van der Waals surface area contributed by atoms with E-state index in [1.54, 1.807) is 24.3 Å². The number of likely N-dealkylation sites (N-methyl/N-ethyl adjacent to an activating group) is 1. The number of hydrogen-bond acceptors (Lipinski definition) is 5. The van der Waals surface area contributed by atoms with E-state index in [-0.39, 0.29) is 17.7 Å². The highest BCUT2D eigenvalue weighted by molar-refractivity contribution is 5.97. The molecule has 3 amide bonds. The summed E-state index contributed by atoms with van der Waals surface area (Å²) in [6.45, 7) is 9.71. The molecule has 0 spiro atoms. The first-order chi connectivity index (χ1) is 15.0. The molecule has 2 N–H and O–H groups in total. The Labute approximate surface area is 184 Å². The van der Waals surface area contributed by atoms with Crippen LogP contribution in [-0.4, -0.2) is 90.8 Å². The Balaban J connectivity index is 1.71. The Kier molecular flexibility index (Phi) is 8.43. The van der Waals surface area contributed by atoms with Crippen LogP contribution in [0.15, 0.2) is 24.3 Å². The van der Waals surface area contributed by atoms with E-state index in [1.807, 2.05) is 9.80 Å². The van der Waals surface area contributed by atoms with Crippen LogP contribution in [0.2, 0.25) is 0 Å².